The van der Waals surface area contributed by atoms with E-state index in [-0.39, 0.29) is 36.4 Å². The van der Waals surface area contributed by atoms with Gasteiger partial charge in [-0.25, -0.2) is 0 Å². The summed E-state index contributed by atoms with van der Waals surface area (Å²) in [7, 11) is 0. The van der Waals surface area contributed by atoms with Gasteiger partial charge in [0.1, 0.15) is 11.8 Å². The average molecular weight is 570 g/mol. The first-order valence-electron chi connectivity index (χ1n) is 13.3. The van der Waals surface area contributed by atoms with Crippen LogP contribution in [0.2, 0.25) is 10.0 Å². The van der Waals surface area contributed by atoms with E-state index in [0.717, 1.165) is 17.5 Å². The van der Waals surface area contributed by atoms with E-state index in [0.29, 0.717) is 22.2 Å². The maximum Gasteiger partial charge on any atom is 0.261 e. The molecule has 0 bridgehead atoms. The largest absolute Gasteiger partial charge is 0.484 e. The lowest BCUT2D eigenvalue weighted by molar-refractivity contribution is -0.143. The Labute approximate surface area is 242 Å². The number of halogens is 2. The summed E-state index contributed by atoms with van der Waals surface area (Å²) in [6.07, 6.45) is 1.13. The number of nitrogens with zero attached hydrogens (tertiary/aromatic N) is 1. The first-order chi connectivity index (χ1) is 18.5. The molecule has 0 aliphatic rings. The summed E-state index contributed by atoms with van der Waals surface area (Å²) in [6.45, 7) is 10.4. The zero-order valence-electron chi connectivity index (χ0n) is 23.3. The van der Waals surface area contributed by atoms with Gasteiger partial charge >= 0.3 is 0 Å². The number of nitrogens with one attached hydrogen (secondary N) is 1. The maximum atomic E-state index is 13.8. The molecule has 2 atom stereocenters. The van der Waals surface area contributed by atoms with Crippen LogP contribution in [0.1, 0.15) is 57.7 Å². The van der Waals surface area contributed by atoms with Crippen molar-refractivity contribution in [2.45, 2.75) is 71.5 Å². The maximum absolute atomic E-state index is 13.8. The van der Waals surface area contributed by atoms with Crippen LogP contribution in [0.5, 0.6) is 5.75 Å². The number of carbonyl (C=O) groups excluding carboxylic acids is 2. The molecule has 1 N–H and O–H groups in total. The highest BCUT2D eigenvalue weighted by Gasteiger charge is 2.31. The zero-order chi connectivity index (χ0) is 28.6. The first kappa shape index (κ1) is 30.5. The highest BCUT2D eigenvalue weighted by atomic mass is 35.5. The molecule has 5 nitrogen and oxygen atoms in total. The second kappa shape index (κ2) is 13.9. The minimum atomic E-state index is -0.754. The lowest BCUT2D eigenvalue weighted by atomic mass is 9.87. The van der Waals surface area contributed by atoms with Gasteiger partial charge in [-0.15, -0.1) is 0 Å². The van der Waals surface area contributed by atoms with E-state index in [4.69, 9.17) is 27.9 Å². The third-order valence-electron chi connectivity index (χ3n) is 6.69. The fraction of sp³-hybridized carbons (Fsp3) is 0.375. The van der Waals surface area contributed by atoms with E-state index in [1.165, 1.54) is 5.56 Å². The third-order valence-corrected chi connectivity index (χ3v) is 7.43. The van der Waals surface area contributed by atoms with Crippen molar-refractivity contribution in [3.63, 3.8) is 0 Å². The summed E-state index contributed by atoms with van der Waals surface area (Å²) >= 11 is 12.4. The smallest absolute Gasteiger partial charge is 0.261 e. The first-order valence-corrected chi connectivity index (χ1v) is 14.0. The zero-order valence-corrected chi connectivity index (χ0v) is 24.9. The molecule has 0 saturated heterocycles. The molecule has 0 heterocycles. The van der Waals surface area contributed by atoms with Gasteiger partial charge in [0, 0.05) is 19.0 Å². The molecule has 0 radical (unpaired) electrons. The molecular weight excluding hydrogens is 531 g/mol. The predicted octanol–water partition coefficient (Wildman–Crippen LogP) is 7.22. The molecule has 3 aromatic carbocycles. The van der Waals surface area contributed by atoms with Crippen LogP contribution in [0.4, 0.5) is 0 Å². The summed E-state index contributed by atoms with van der Waals surface area (Å²) in [5.41, 5.74) is 2.90. The Bertz CT molecular complexity index is 1240. The van der Waals surface area contributed by atoms with Crippen LogP contribution in [-0.2, 0) is 28.0 Å². The summed E-state index contributed by atoms with van der Waals surface area (Å²) in [5.74, 6) is 0.0758. The number of amides is 2. The van der Waals surface area contributed by atoms with Crippen molar-refractivity contribution >= 4 is 35.0 Å². The van der Waals surface area contributed by atoms with E-state index in [1.54, 1.807) is 17.0 Å². The molecule has 0 saturated carbocycles. The van der Waals surface area contributed by atoms with Gasteiger partial charge in [-0.2, -0.15) is 0 Å². The van der Waals surface area contributed by atoms with Gasteiger partial charge in [0.25, 0.3) is 5.91 Å². The molecular formula is C32H38Cl2N2O3. The van der Waals surface area contributed by atoms with Crippen LogP contribution < -0.4 is 10.1 Å². The minimum absolute atomic E-state index is 0.0125. The Hall–Kier alpha value is -3.02. The highest BCUT2D eigenvalue weighted by Crippen LogP contribution is 2.26. The van der Waals surface area contributed by atoms with Crippen molar-refractivity contribution in [3.05, 3.63) is 99.5 Å². The second-order valence-corrected chi connectivity index (χ2v) is 11.7. The molecule has 208 valence electrons. The van der Waals surface area contributed by atoms with Crippen molar-refractivity contribution in [2.75, 3.05) is 6.61 Å². The number of rotatable bonds is 11. The summed E-state index contributed by atoms with van der Waals surface area (Å²) < 4.78 is 5.91. The van der Waals surface area contributed by atoms with Gasteiger partial charge in [0.15, 0.2) is 6.61 Å². The molecule has 2 unspecified atom stereocenters. The predicted molar refractivity (Wildman–Crippen MR) is 159 cm³/mol. The molecule has 0 aromatic heterocycles. The average Bonchev–Trinajstić information content (AvgIpc) is 2.91. The van der Waals surface area contributed by atoms with Gasteiger partial charge in [-0.05, 0) is 59.7 Å². The summed E-state index contributed by atoms with van der Waals surface area (Å²) in [4.78, 5) is 28.9. The molecule has 0 spiro atoms. The fourth-order valence-corrected chi connectivity index (χ4v) is 4.43. The molecule has 39 heavy (non-hydrogen) atoms. The van der Waals surface area contributed by atoms with Crippen molar-refractivity contribution in [1.29, 1.82) is 0 Å². The van der Waals surface area contributed by atoms with E-state index < -0.39 is 6.04 Å². The lowest BCUT2D eigenvalue weighted by Gasteiger charge is -2.32. The molecule has 3 rings (SSSR count). The Morgan fingerprint density at radius 2 is 1.59 bits per heavy atom. The summed E-state index contributed by atoms with van der Waals surface area (Å²) in [6, 6.07) is 21.9. The summed E-state index contributed by atoms with van der Waals surface area (Å²) in [5, 5.41) is 3.88. The Kier molecular flexibility index (Phi) is 10.8. The van der Waals surface area contributed by atoms with E-state index >= 15 is 0 Å². The molecule has 7 heteroatoms. The monoisotopic (exact) mass is 568 g/mol. The van der Waals surface area contributed by atoms with Crippen molar-refractivity contribution < 1.29 is 14.3 Å². The topological polar surface area (TPSA) is 58.6 Å². The Balaban J connectivity index is 1.91. The van der Waals surface area contributed by atoms with Crippen molar-refractivity contribution in [3.8, 4) is 5.75 Å². The van der Waals surface area contributed by atoms with Crippen LogP contribution in [0.15, 0.2) is 72.8 Å². The molecule has 3 aromatic rings. The standard InChI is InChI=1S/C32H38Cl2N2O3/c1-6-22(2)35-31(38)29(19-23-10-8-7-9-11-23)36(20-24-12-17-27(33)28(34)18-24)30(37)21-39-26-15-13-25(14-16-26)32(3,4)5/h7-18,22,29H,6,19-21H2,1-5H3,(H,35,38). The second-order valence-electron chi connectivity index (χ2n) is 10.9. The van der Waals surface area contributed by atoms with Gasteiger partial charge in [0.2, 0.25) is 5.91 Å². The Morgan fingerprint density at radius 1 is 0.923 bits per heavy atom. The minimum Gasteiger partial charge on any atom is -0.484 e. The van der Waals surface area contributed by atoms with Crippen molar-refractivity contribution in [1.82, 2.24) is 10.2 Å². The van der Waals surface area contributed by atoms with Crippen LogP contribution >= 0.6 is 23.2 Å². The molecule has 0 fully saturated rings. The number of ether oxygens (including phenoxy) is 1. The quantitative estimate of drug-likeness (QED) is 0.265. The van der Waals surface area contributed by atoms with E-state index in [2.05, 4.69) is 26.1 Å². The van der Waals surface area contributed by atoms with Gasteiger partial charge in [0.05, 0.1) is 10.0 Å². The van der Waals surface area contributed by atoms with Gasteiger partial charge in [-0.3, -0.25) is 9.59 Å². The van der Waals surface area contributed by atoms with Crippen LogP contribution in [0.25, 0.3) is 0 Å². The number of benzene rings is 3. The number of hydrogen-bond donors (Lipinski definition) is 1. The molecule has 0 aliphatic carbocycles. The van der Waals surface area contributed by atoms with Crippen LogP contribution in [0, 0.1) is 0 Å². The number of hydrogen-bond acceptors (Lipinski definition) is 3. The lowest BCUT2D eigenvalue weighted by Crippen LogP contribution is -2.53. The fourth-order valence-electron chi connectivity index (χ4n) is 4.11. The SMILES string of the molecule is CCC(C)NC(=O)C(Cc1ccccc1)N(Cc1ccc(Cl)c(Cl)c1)C(=O)COc1ccc(C(C)(C)C)cc1. The van der Waals surface area contributed by atoms with E-state index in [1.807, 2.05) is 74.5 Å². The normalized spacial score (nSPS) is 12.9. The number of carbonyl (C=O) groups is 2. The molecule has 0 aliphatic heterocycles. The Morgan fingerprint density at radius 3 is 2.18 bits per heavy atom. The van der Waals surface area contributed by atoms with Crippen LogP contribution in [-0.4, -0.2) is 35.4 Å². The molecule has 2 amide bonds. The highest BCUT2D eigenvalue weighted by molar-refractivity contribution is 6.42. The van der Waals surface area contributed by atoms with Crippen LogP contribution in [0.3, 0.4) is 0 Å². The third kappa shape index (κ3) is 9.01. The van der Waals surface area contributed by atoms with Gasteiger partial charge < -0.3 is 15.0 Å². The van der Waals surface area contributed by atoms with Crippen molar-refractivity contribution in [2.24, 2.45) is 0 Å². The van der Waals surface area contributed by atoms with Gasteiger partial charge in [-0.1, -0.05) is 99.4 Å². The van der Waals surface area contributed by atoms with E-state index in [9.17, 15) is 9.59 Å².